The van der Waals surface area contributed by atoms with E-state index in [9.17, 15) is 4.39 Å². The van der Waals surface area contributed by atoms with Crippen molar-refractivity contribution in [3.63, 3.8) is 0 Å². The fraction of sp³-hybridized carbons (Fsp3) is 0.294. The largest absolute Gasteiger partial charge is 0.454 e. The minimum Gasteiger partial charge on any atom is -0.454 e. The first-order valence-corrected chi connectivity index (χ1v) is 6.80. The number of hydrogen-bond acceptors (Lipinski definition) is 2. The predicted octanol–water partition coefficient (Wildman–Crippen LogP) is 4.76. The lowest BCUT2D eigenvalue weighted by Crippen LogP contribution is -2.05. The molecule has 0 fully saturated rings. The van der Waals surface area contributed by atoms with Gasteiger partial charge in [-0.2, -0.15) is 0 Å². The summed E-state index contributed by atoms with van der Waals surface area (Å²) in [7, 11) is 0. The zero-order valence-electron chi connectivity index (χ0n) is 12.1. The summed E-state index contributed by atoms with van der Waals surface area (Å²) in [4.78, 5) is 0. The molecule has 0 aliphatic rings. The molecule has 0 aliphatic heterocycles. The maximum absolute atomic E-state index is 13.9. The minimum atomic E-state index is -0.396. The summed E-state index contributed by atoms with van der Waals surface area (Å²) in [6.45, 7) is 6.07. The van der Waals surface area contributed by atoms with Crippen molar-refractivity contribution in [3.05, 3.63) is 59.4 Å². The predicted molar refractivity (Wildman–Crippen MR) is 79.6 cm³/mol. The summed E-state index contributed by atoms with van der Waals surface area (Å²) in [5, 5.41) is 0. The van der Waals surface area contributed by atoms with Crippen LogP contribution in [-0.4, -0.2) is 0 Å². The average molecular weight is 273 g/mol. The number of rotatable bonds is 4. The van der Waals surface area contributed by atoms with Gasteiger partial charge in [-0.15, -0.1) is 0 Å². The Morgan fingerprint density at radius 2 is 1.55 bits per heavy atom. The highest BCUT2D eigenvalue weighted by atomic mass is 19.1. The molecule has 2 nitrogen and oxygen atoms in total. The van der Waals surface area contributed by atoms with E-state index in [1.807, 2.05) is 31.2 Å². The first-order valence-electron chi connectivity index (χ1n) is 6.80. The summed E-state index contributed by atoms with van der Waals surface area (Å²) >= 11 is 0. The van der Waals surface area contributed by atoms with E-state index in [0.29, 0.717) is 11.7 Å². The molecule has 0 aromatic heterocycles. The Labute approximate surface area is 119 Å². The third-order valence-electron chi connectivity index (χ3n) is 3.26. The van der Waals surface area contributed by atoms with Gasteiger partial charge in [0.2, 0.25) is 0 Å². The van der Waals surface area contributed by atoms with Gasteiger partial charge in [-0.25, -0.2) is 4.39 Å². The van der Waals surface area contributed by atoms with Crippen LogP contribution in [0.5, 0.6) is 11.5 Å². The fourth-order valence-electron chi connectivity index (χ4n) is 1.93. The molecule has 0 heterocycles. The Morgan fingerprint density at radius 3 is 2.05 bits per heavy atom. The molecule has 20 heavy (non-hydrogen) atoms. The van der Waals surface area contributed by atoms with E-state index in [4.69, 9.17) is 10.5 Å². The van der Waals surface area contributed by atoms with Gasteiger partial charge in [-0.05, 0) is 48.2 Å². The van der Waals surface area contributed by atoms with Crippen LogP contribution in [0.4, 0.5) is 4.39 Å². The van der Waals surface area contributed by atoms with E-state index in [1.165, 1.54) is 11.6 Å². The Balaban J connectivity index is 2.17. The third kappa shape index (κ3) is 3.36. The van der Waals surface area contributed by atoms with E-state index >= 15 is 0 Å². The number of benzene rings is 2. The molecule has 2 aromatic rings. The average Bonchev–Trinajstić information content (AvgIpc) is 2.41. The molecule has 0 saturated carbocycles. The molecule has 0 aliphatic carbocycles. The smallest absolute Gasteiger partial charge is 0.166 e. The second-order valence-corrected chi connectivity index (χ2v) is 5.30. The molecule has 0 bridgehead atoms. The van der Waals surface area contributed by atoms with Crippen LogP contribution in [0.3, 0.4) is 0 Å². The van der Waals surface area contributed by atoms with Crippen LogP contribution in [0.25, 0.3) is 0 Å². The highest BCUT2D eigenvalue weighted by Crippen LogP contribution is 2.27. The zero-order valence-corrected chi connectivity index (χ0v) is 12.1. The van der Waals surface area contributed by atoms with E-state index in [2.05, 4.69) is 13.8 Å². The number of nitrogens with two attached hydrogens (primary N) is 1. The lowest BCUT2D eigenvalue weighted by Gasteiger charge is -2.11. The van der Waals surface area contributed by atoms with Crippen molar-refractivity contribution in [1.29, 1.82) is 0 Å². The number of ether oxygens (including phenoxy) is 1. The fourth-order valence-corrected chi connectivity index (χ4v) is 1.93. The molecular weight excluding hydrogens is 253 g/mol. The van der Waals surface area contributed by atoms with Crippen LogP contribution >= 0.6 is 0 Å². The van der Waals surface area contributed by atoms with Crippen LogP contribution in [-0.2, 0) is 0 Å². The quantitative estimate of drug-likeness (QED) is 0.871. The van der Waals surface area contributed by atoms with Gasteiger partial charge in [0, 0.05) is 6.04 Å². The second kappa shape index (κ2) is 6.06. The molecule has 2 rings (SSSR count). The highest BCUT2D eigenvalue weighted by molar-refractivity contribution is 5.36. The number of hydrogen-bond donors (Lipinski definition) is 1. The van der Waals surface area contributed by atoms with E-state index in [1.54, 1.807) is 12.1 Å². The summed E-state index contributed by atoms with van der Waals surface area (Å²) in [6.07, 6.45) is 0. The maximum Gasteiger partial charge on any atom is 0.166 e. The van der Waals surface area contributed by atoms with Gasteiger partial charge in [0.1, 0.15) is 5.75 Å². The summed E-state index contributed by atoms with van der Waals surface area (Å²) in [6, 6.07) is 12.3. The van der Waals surface area contributed by atoms with Crippen molar-refractivity contribution >= 4 is 0 Å². The van der Waals surface area contributed by atoms with Crippen LogP contribution in [0.1, 0.15) is 43.9 Å². The van der Waals surface area contributed by atoms with Crippen molar-refractivity contribution in [2.45, 2.75) is 32.7 Å². The first kappa shape index (κ1) is 14.5. The van der Waals surface area contributed by atoms with Gasteiger partial charge < -0.3 is 10.5 Å². The monoisotopic (exact) mass is 273 g/mol. The molecule has 0 saturated heterocycles. The van der Waals surface area contributed by atoms with E-state index < -0.39 is 5.82 Å². The molecule has 1 atom stereocenters. The van der Waals surface area contributed by atoms with Gasteiger partial charge in [0.15, 0.2) is 11.6 Å². The standard InChI is InChI=1S/C17H20FNO/c1-11(2)13-4-7-15(8-5-13)20-17-9-6-14(12(3)19)10-16(17)18/h4-12H,19H2,1-3H3. The molecule has 2 aromatic carbocycles. The lowest BCUT2D eigenvalue weighted by molar-refractivity contribution is 0.441. The van der Waals surface area contributed by atoms with Crippen molar-refractivity contribution in [2.75, 3.05) is 0 Å². The minimum absolute atomic E-state index is 0.191. The molecule has 2 N–H and O–H groups in total. The molecule has 0 spiro atoms. The van der Waals surface area contributed by atoms with Crippen molar-refractivity contribution < 1.29 is 9.13 Å². The Bertz CT molecular complexity index is 576. The van der Waals surface area contributed by atoms with Crippen molar-refractivity contribution in [3.8, 4) is 11.5 Å². The van der Waals surface area contributed by atoms with Gasteiger partial charge in [-0.1, -0.05) is 32.0 Å². The van der Waals surface area contributed by atoms with Gasteiger partial charge in [0.25, 0.3) is 0 Å². The Kier molecular flexibility index (Phi) is 4.40. The molecule has 3 heteroatoms. The molecule has 106 valence electrons. The van der Waals surface area contributed by atoms with Crippen molar-refractivity contribution in [2.24, 2.45) is 5.73 Å². The normalized spacial score (nSPS) is 12.5. The third-order valence-corrected chi connectivity index (χ3v) is 3.26. The van der Waals surface area contributed by atoms with Gasteiger partial charge in [0.05, 0.1) is 0 Å². The summed E-state index contributed by atoms with van der Waals surface area (Å²) < 4.78 is 19.5. The van der Waals surface area contributed by atoms with E-state index in [0.717, 1.165) is 5.56 Å². The SMILES string of the molecule is CC(C)c1ccc(Oc2ccc(C(C)N)cc2F)cc1. The molecule has 0 radical (unpaired) electrons. The van der Waals surface area contributed by atoms with Gasteiger partial charge >= 0.3 is 0 Å². The Hall–Kier alpha value is -1.87. The summed E-state index contributed by atoms with van der Waals surface area (Å²) in [5.74, 6) is 0.910. The van der Waals surface area contributed by atoms with Crippen LogP contribution < -0.4 is 10.5 Å². The molecule has 0 amide bonds. The zero-order chi connectivity index (χ0) is 14.7. The number of halogens is 1. The van der Waals surface area contributed by atoms with Gasteiger partial charge in [-0.3, -0.25) is 0 Å². The van der Waals surface area contributed by atoms with Crippen LogP contribution in [0.2, 0.25) is 0 Å². The van der Waals surface area contributed by atoms with Crippen LogP contribution in [0.15, 0.2) is 42.5 Å². The molecule has 1 unspecified atom stereocenters. The van der Waals surface area contributed by atoms with E-state index in [-0.39, 0.29) is 11.8 Å². The summed E-state index contributed by atoms with van der Waals surface area (Å²) in [5.41, 5.74) is 7.70. The lowest BCUT2D eigenvalue weighted by atomic mass is 10.0. The van der Waals surface area contributed by atoms with Crippen LogP contribution in [0, 0.1) is 5.82 Å². The first-order chi connectivity index (χ1) is 9.47. The Morgan fingerprint density at radius 1 is 0.950 bits per heavy atom. The maximum atomic E-state index is 13.9. The topological polar surface area (TPSA) is 35.2 Å². The highest BCUT2D eigenvalue weighted by Gasteiger charge is 2.08. The van der Waals surface area contributed by atoms with Crippen molar-refractivity contribution in [1.82, 2.24) is 0 Å². The molecular formula is C17H20FNO. The second-order valence-electron chi connectivity index (χ2n) is 5.30.